The highest BCUT2D eigenvalue weighted by Gasteiger charge is 1.74. The molecular weight excluding hydrogens is 151 g/mol. The summed E-state index contributed by atoms with van der Waals surface area (Å²) in [5, 5.41) is 3.08. The van der Waals surface area contributed by atoms with Crippen LogP contribution in [0.2, 0.25) is 0 Å². The Morgan fingerprint density at radius 2 is 2.11 bits per heavy atom. The summed E-state index contributed by atoms with van der Waals surface area (Å²) in [5.41, 5.74) is 0. The van der Waals surface area contributed by atoms with Gasteiger partial charge in [-0.2, -0.15) is 0 Å². The van der Waals surface area contributed by atoms with Crippen molar-refractivity contribution >= 4 is 12.4 Å². The quantitative estimate of drug-likeness (QED) is 0.476. The molecule has 0 fully saturated rings. The Bertz CT molecular complexity index is 154. The summed E-state index contributed by atoms with van der Waals surface area (Å²) in [6.07, 6.45) is 1.18. The van der Waals surface area contributed by atoms with Crippen molar-refractivity contribution < 1.29 is 15.5 Å². The van der Waals surface area contributed by atoms with Gasteiger partial charge < -0.3 is 11.0 Å². The first-order chi connectivity index (χ1) is 2.89. The third-order valence-corrected chi connectivity index (χ3v) is 0.371. The number of rotatable bonds is 0. The lowest BCUT2D eigenvalue weighted by atomic mass is 11.3. The topological polar surface area (TPSA) is 122 Å². The molecule has 0 saturated heterocycles. The van der Waals surface area contributed by atoms with Crippen LogP contribution in [0.4, 0.5) is 0 Å². The molecule has 1 aromatic rings. The molecule has 7 heteroatoms. The molecule has 0 aliphatic rings. The highest BCUT2D eigenvalue weighted by molar-refractivity contribution is 5.85. The van der Waals surface area contributed by atoms with Crippen molar-refractivity contribution in [2.75, 3.05) is 0 Å². The Hall–Kier alpha value is -0.850. The second-order valence-electron chi connectivity index (χ2n) is 0.758. The molecular formula is C2H7ClN2O4. The predicted octanol–water partition coefficient (Wildman–Crippen LogP) is -1.86. The monoisotopic (exact) mass is 158 g/mol. The average molecular weight is 159 g/mol. The molecule has 1 aromatic heterocycles. The van der Waals surface area contributed by atoms with Gasteiger partial charge in [0.15, 0.2) is 0 Å². The van der Waals surface area contributed by atoms with Crippen LogP contribution in [0.25, 0.3) is 0 Å². The van der Waals surface area contributed by atoms with Gasteiger partial charge in [-0.3, -0.25) is 9.51 Å². The van der Waals surface area contributed by atoms with Crippen molar-refractivity contribution in [3.8, 4) is 0 Å². The van der Waals surface area contributed by atoms with Gasteiger partial charge >= 0.3 is 5.76 Å². The first-order valence-electron chi connectivity index (χ1n) is 1.39. The molecule has 0 amide bonds. The summed E-state index contributed by atoms with van der Waals surface area (Å²) in [7, 11) is 0. The molecule has 1 rings (SSSR count). The van der Waals surface area contributed by atoms with E-state index in [0.29, 0.717) is 0 Å². The zero-order chi connectivity index (χ0) is 4.41. The minimum absolute atomic E-state index is 0. The Morgan fingerprint density at radius 3 is 2.22 bits per heavy atom. The van der Waals surface area contributed by atoms with Gasteiger partial charge in [0.1, 0.15) is 6.33 Å². The predicted molar refractivity (Wildman–Crippen MR) is 31.6 cm³/mol. The minimum Gasteiger partial charge on any atom is -0.412 e. The number of nitrogens with zero attached hydrogens (tertiary/aromatic N) is 1. The van der Waals surface area contributed by atoms with Crippen LogP contribution in [-0.2, 0) is 0 Å². The van der Waals surface area contributed by atoms with Crippen molar-refractivity contribution in [1.82, 2.24) is 10.1 Å². The average Bonchev–Trinajstić information content (AvgIpc) is 1.86. The Labute approximate surface area is 55.9 Å². The summed E-state index contributed by atoms with van der Waals surface area (Å²) >= 11 is 0. The summed E-state index contributed by atoms with van der Waals surface area (Å²) in [6, 6.07) is 0. The molecule has 6 nitrogen and oxygen atoms in total. The van der Waals surface area contributed by atoms with E-state index in [1.165, 1.54) is 6.33 Å². The molecule has 0 aliphatic carbocycles. The van der Waals surface area contributed by atoms with Crippen molar-refractivity contribution in [2.24, 2.45) is 0 Å². The van der Waals surface area contributed by atoms with E-state index < -0.39 is 5.76 Å². The van der Waals surface area contributed by atoms with Crippen molar-refractivity contribution in [3.63, 3.8) is 0 Å². The van der Waals surface area contributed by atoms with E-state index in [9.17, 15) is 4.79 Å². The lowest BCUT2D eigenvalue weighted by Crippen LogP contribution is -1.92. The molecule has 0 radical (unpaired) electrons. The maximum Gasteiger partial charge on any atom is 0.438 e. The van der Waals surface area contributed by atoms with E-state index in [0.717, 1.165) is 0 Å². The fourth-order valence-corrected chi connectivity index (χ4v) is 0.180. The number of nitrogens with one attached hydrogen (secondary N) is 1. The van der Waals surface area contributed by atoms with Crippen molar-refractivity contribution in [2.45, 2.75) is 0 Å². The Balaban J connectivity index is -0.000000120. The summed E-state index contributed by atoms with van der Waals surface area (Å²) in [4.78, 5) is 12.0. The van der Waals surface area contributed by atoms with E-state index in [1.807, 2.05) is 0 Å². The first kappa shape index (κ1) is 15.7. The molecule has 0 aromatic carbocycles. The largest absolute Gasteiger partial charge is 0.438 e. The van der Waals surface area contributed by atoms with Crippen LogP contribution in [0.1, 0.15) is 0 Å². The maximum atomic E-state index is 9.78. The lowest BCUT2D eigenvalue weighted by molar-refractivity contribution is 0.386. The molecule has 9 heavy (non-hydrogen) atoms. The van der Waals surface area contributed by atoms with Gasteiger partial charge in [-0.25, -0.2) is 4.79 Å². The minimum atomic E-state index is -0.519. The van der Waals surface area contributed by atoms with Gasteiger partial charge in [0.25, 0.3) is 0 Å². The SMILES string of the molecule is Cl.O.O.O=c1[nH]cno1. The van der Waals surface area contributed by atoms with Crippen LogP contribution >= 0.6 is 12.4 Å². The summed E-state index contributed by atoms with van der Waals surface area (Å²) in [6.45, 7) is 0. The third kappa shape index (κ3) is 5.01. The number of halogens is 1. The van der Waals surface area contributed by atoms with Crippen LogP contribution in [-0.4, -0.2) is 21.1 Å². The molecule has 5 N–H and O–H groups in total. The standard InChI is InChI=1S/C2H2N2O2.ClH.2H2O/c5-2-3-1-4-6-2;;;/h1H,(H,3,4,5);1H;2*1H2. The maximum absolute atomic E-state index is 9.78. The molecule has 0 atom stereocenters. The smallest absolute Gasteiger partial charge is 0.412 e. The van der Waals surface area contributed by atoms with E-state index in [4.69, 9.17) is 0 Å². The van der Waals surface area contributed by atoms with Gasteiger partial charge in [-0.05, 0) is 0 Å². The van der Waals surface area contributed by atoms with E-state index >= 15 is 0 Å². The van der Waals surface area contributed by atoms with Crippen molar-refractivity contribution in [3.05, 3.63) is 16.9 Å². The van der Waals surface area contributed by atoms with E-state index in [-0.39, 0.29) is 23.4 Å². The molecule has 0 unspecified atom stereocenters. The molecule has 1 heterocycles. The van der Waals surface area contributed by atoms with E-state index in [1.54, 1.807) is 0 Å². The second kappa shape index (κ2) is 7.15. The van der Waals surface area contributed by atoms with Crippen molar-refractivity contribution in [1.29, 1.82) is 0 Å². The molecule has 56 valence electrons. The van der Waals surface area contributed by atoms with Crippen LogP contribution in [0.15, 0.2) is 15.6 Å². The zero-order valence-corrected chi connectivity index (χ0v) is 5.07. The summed E-state index contributed by atoms with van der Waals surface area (Å²) < 4.78 is 3.97. The van der Waals surface area contributed by atoms with Gasteiger partial charge in [-0.1, -0.05) is 5.16 Å². The third-order valence-electron chi connectivity index (χ3n) is 0.371. The van der Waals surface area contributed by atoms with Crippen LogP contribution in [0.3, 0.4) is 0 Å². The highest BCUT2D eigenvalue weighted by Crippen LogP contribution is 1.51. The van der Waals surface area contributed by atoms with Gasteiger partial charge in [0.05, 0.1) is 0 Å². The first-order valence-corrected chi connectivity index (χ1v) is 1.39. The number of aromatic nitrogens is 2. The molecule has 0 saturated carbocycles. The molecule has 0 aliphatic heterocycles. The Morgan fingerprint density at radius 1 is 1.56 bits per heavy atom. The fraction of sp³-hybridized carbons (Fsp3) is 0. The van der Waals surface area contributed by atoms with Crippen LogP contribution < -0.4 is 5.76 Å². The number of aromatic amines is 1. The van der Waals surface area contributed by atoms with Crippen LogP contribution in [0, 0.1) is 0 Å². The molecule has 0 bridgehead atoms. The number of H-pyrrole nitrogens is 1. The van der Waals surface area contributed by atoms with Crippen LogP contribution in [0.5, 0.6) is 0 Å². The number of hydrogen-bond acceptors (Lipinski definition) is 3. The van der Waals surface area contributed by atoms with Gasteiger partial charge in [0, 0.05) is 0 Å². The normalized spacial score (nSPS) is 5.78. The number of hydrogen-bond donors (Lipinski definition) is 1. The lowest BCUT2D eigenvalue weighted by Gasteiger charge is -1.47. The van der Waals surface area contributed by atoms with Gasteiger partial charge in [-0.15, -0.1) is 12.4 Å². The second-order valence-corrected chi connectivity index (χ2v) is 0.758. The van der Waals surface area contributed by atoms with Gasteiger partial charge in [0.2, 0.25) is 0 Å². The fourth-order valence-electron chi connectivity index (χ4n) is 0.180. The highest BCUT2D eigenvalue weighted by atomic mass is 35.5. The Kier molecular flexibility index (Phi) is 12.5. The van der Waals surface area contributed by atoms with E-state index in [2.05, 4.69) is 14.7 Å². The summed E-state index contributed by atoms with van der Waals surface area (Å²) in [5.74, 6) is -0.519. The molecule has 0 spiro atoms. The zero-order valence-electron chi connectivity index (χ0n) is 4.25.